The predicted molar refractivity (Wildman–Crippen MR) is 137 cm³/mol. The molecule has 4 aromatic carbocycles. The van der Waals surface area contributed by atoms with Gasteiger partial charge >= 0.3 is 6.36 Å². The average Bonchev–Trinajstić information content (AvgIpc) is 2.88. The molecule has 4 rings (SSSR count). The zero-order valence-corrected chi connectivity index (χ0v) is 21.3. The van der Waals surface area contributed by atoms with Crippen LogP contribution in [-0.2, 0) is 32.1 Å². The molecule has 0 amide bonds. The van der Waals surface area contributed by atoms with Gasteiger partial charge in [0.15, 0.2) is 11.6 Å². The fourth-order valence-corrected chi connectivity index (χ4v) is 4.59. The molecule has 0 N–H and O–H groups in total. The summed E-state index contributed by atoms with van der Waals surface area (Å²) >= 11 is 0. The van der Waals surface area contributed by atoms with E-state index in [-0.39, 0.29) is 24.2 Å². The molecule has 0 radical (unpaired) electrons. The van der Waals surface area contributed by atoms with Gasteiger partial charge in [-0.1, -0.05) is 55.8 Å². The number of benzene rings is 4. The molecule has 0 saturated carbocycles. The highest BCUT2D eigenvalue weighted by Crippen LogP contribution is 2.30. The van der Waals surface area contributed by atoms with Crippen LogP contribution in [0.4, 0.5) is 30.7 Å². The molecule has 0 aromatic heterocycles. The van der Waals surface area contributed by atoms with Gasteiger partial charge in [-0.2, -0.15) is 0 Å². The lowest BCUT2D eigenvalue weighted by atomic mass is 9.96. The molecule has 0 atom stereocenters. The molecule has 4 aromatic rings. The molecule has 0 heterocycles. The number of hydrogen-bond donors (Lipinski definition) is 0. The van der Waals surface area contributed by atoms with E-state index < -0.39 is 29.6 Å². The van der Waals surface area contributed by atoms with Gasteiger partial charge in [-0.3, -0.25) is 0 Å². The summed E-state index contributed by atoms with van der Waals surface area (Å²) in [5.41, 5.74) is 2.91. The summed E-state index contributed by atoms with van der Waals surface area (Å²) in [7, 11) is 0. The van der Waals surface area contributed by atoms with E-state index in [0.29, 0.717) is 34.7 Å². The maximum absolute atomic E-state index is 15.2. The Morgan fingerprint density at radius 3 is 1.87 bits per heavy atom. The van der Waals surface area contributed by atoms with Gasteiger partial charge in [0.1, 0.15) is 11.6 Å². The van der Waals surface area contributed by atoms with E-state index in [2.05, 4.69) is 11.7 Å². The second kappa shape index (κ2) is 12.1. The molecule has 0 bridgehead atoms. The predicted octanol–water partition coefficient (Wildman–Crippen LogP) is 9.21. The normalized spacial score (nSPS) is 11.8. The monoisotopic (exact) mass is 548 g/mol. The van der Waals surface area contributed by atoms with Crippen LogP contribution in [0.3, 0.4) is 0 Å². The van der Waals surface area contributed by atoms with Crippen molar-refractivity contribution in [2.24, 2.45) is 0 Å². The topological polar surface area (TPSA) is 9.23 Å². The van der Waals surface area contributed by atoms with Crippen LogP contribution in [0.15, 0.2) is 60.7 Å². The van der Waals surface area contributed by atoms with Crippen molar-refractivity contribution in [3.05, 3.63) is 112 Å². The number of hydrogen-bond acceptors (Lipinski definition) is 1. The Kier molecular flexibility index (Phi) is 8.83. The maximum Gasteiger partial charge on any atom is 0.573 e. The Labute approximate surface area is 222 Å². The molecule has 206 valence electrons. The number of aryl methyl sites for hydroxylation is 5. The van der Waals surface area contributed by atoms with E-state index in [0.717, 1.165) is 42.5 Å². The zero-order valence-electron chi connectivity index (χ0n) is 21.3. The van der Waals surface area contributed by atoms with Crippen LogP contribution in [0, 0.1) is 23.3 Å². The van der Waals surface area contributed by atoms with Crippen LogP contribution in [0.25, 0.3) is 10.8 Å². The van der Waals surface area contributed by atoms with Crippen LogP contribution < -0.4 is 4.74 Å². The Balaban J connectivity index is 1.43. The first kappa shape index (κ1) is 28.5. The average molecular weight is 549 g/mol. The van der Waals surface area contributed by atoms with Crippen molar-refractivity contribution in [2.45, 2.75) is 58.2 Å². The molecule has 0 aliphatic heterocycles. The summed E-state index contributed by atoms with van der Waals surface area (Å²) in [4.78, 5) is 0. The molecule has 0 unspecified atom stereocenters. The van der Waals surface area contributed by atoms with Crippen molar-refractivity contribution in [1.29, 1.82) is 0 Å². The summed E-state index contributed by atoms with van der Waals surface area (Å²) in [5.74, 6) is -5.19. The summed E-state index contributed by atoms with van der Waals surface area (Å²) in [6, 6.07) is 15.5. The Bertz CT molecular complexity index is 1440. The second-order valence-corrected chi connectivity index (χ2v) is 9.56. The molecule has 8 heteroatoms. The Morgan fingerprint density at radius 1 is 0.615 bits per heavy atom. The molecule has 0 aliphatic rings. The van der Waals surface area contributed by atoms with E-state index in [1.165, 1.54) is 0 Å². The number of alkyl halides is 3. The zero-order chi connectivity index (χ0) is 28.2. The van der Waals surface area contributed by atoms with Crippen molar-refractivity contribution in [3.8, 4) is 5.75 Å². The van der Waals surface area contributed by atoms with Crippen LogP contribution in [0.5, 0.6) is 5.75 Å². The van der Waals surface area contributed by atoms with E-state index in [1.807, 2.05) is 18.2 Å². The van der Waals surface area contributed by atoms with E-state index in [9.17, 15) is 26.3 Å². The highest BCUT2D eigenvalue weighted by Gasteiger charge is 2.34. The van der Waals surface area contributed by atoms with Crippen molar-refractivity contribution in [2.75, 3.05) is 0 Å². The number of ether oxygens (including phenoxy) is 1. The maximum atomic E-state index is 15.2. The lowest BCUT2D eigenvalue weighted by Crippen LogP contribution is -2.19. The third-order valence-corrected chi connectivity index (χ3v) is 6.68. The number of rotatable bonds is 10. The van der Waals surface area contributed by atoms with Crippen molar-refractivity contribution in [1.82, 2.24) is 0 Å². The first-order valence-electron chi connectivity index (χ1n) is 12.7. The summed E-state index contributed by atoms with van der Waals surface area (Å²) in [6.45, 7) is 2.09. The van der Waals surface area contributed by atoms with Gasteiger partial charge in [-0.15, -0.1) is 13.2 Å². The fraction of sp³-hybridized carbons (Fsp3) is 0.290. The SMILES string of the molecule is CCCCc1ccc(CCc2ccc3c(F)c(CCc4cc(F)c(OC(F)(F)F)c(F)c4)ccc3c2)c(F)c1. The molecular weight excluding hydrogens is 521 g/mol. The van der Waals surface area contributed by atoms with Gasteiger partial charge in [-0.05, 0) is 89.9 Å². The van der Waals surface area contributed by atoms with E-state index >= 15 is 4.39 Å². The molecule has 39 heavy (non-hydrogen) atoms. The summed E-state index contributed by atoms with van der Waals surface area (Å²) < 4.78 is 98.1. The van der Waals surface area contributed by atoms with Gasteiger partial charge in [-0.25, -0.2) is 17.6 Å². The minimum atomic E-state index is -5.23. The summed E-state index contributed by atoms with van der Waals surface area (Å²) in [5, 5.41) is 1.03. The van der Waals surface area contributed by atoms with Gasteiger partial charge in [0, 0.05) is 5.39 Å². The fourth-order valence-electron chi connectivity index (χ4n) is 4.59. The molecular formula is C31H27F7O. The van der Waals surface area contributed by atoms with Crippen LogP contribution in [-0.4, -0.2) is 6.36 Å². The standard InChI is InChI=1S/C31H27F7O/c1-2-3-4-19-5-9-22(26(32)16-19)10-6-20-8-14-25-24(15-20)13-12-23(29(25)35)11-7-21-17-27(33)30(28(34)18-21)39-31(36,37)38/h5,8-9,12-18H,2-4,6-7,10-11H2,1H3. The van der Waals surface area contributed by atoms with Gasteiger partial charge < -0.3 is 4.74 Å². The molecule has 1 nitrogen and oxygen atoms in total. The number of halogens is 7. The molecule has 0 fully saturated rings. The third-order valence-electron chi connectivity index (χ3n) is 6.68. The van der Waals surface area contributed by atoms with Crippen molar-refractivity contribution >= 4 is 10.8 Å². The van der Waals surface area contributed by atoms with Crippen molar-refractivity contribution < 1.29 is 35.5 Å². The quantitative estimate of drug-likeness (QED) is 0.180. The van der Waals surface area contributed by atoms with Gasteiger partial charge in [0.05, 0.1) is 0 Å². The minimum Gasteiger partial charge on any atom is -0.399 e. The van der Waals surface area contributed by atoms with E-state index in [1.54, 1.807) is 30.3 Å². The first-order valence-corrected chi connectivity index (χ1v) is 12.7. The Hall–Kier alpha value is -3.55. The van der Waals surface area contributed by atoms with Gasteiger partial charge in [0.2, 0.25) is 5.75 Å². The minimum absolute atomic E-state index is 0.00342. The third kappa shape index (κ3) is 7.31. The molecule has 0 spiro atoms. The molecule has 0 saturated heterocycles. The number of fused-ring (bicyclic) bond motifs is 1. The largest absolute Gasteiger partial charge is 0.573 e. The lowest BCUT2D eigenvalue weighted by Gasteiger charge is -2.12. The van der Waals surface area contributed by atoms with Gasteiger partial charge in [0.25, 0.3) is 0 Å². The van der Waals surface area contributed by atoms with E-state index in [4.69, 9.17) is 0 Å². The molecule has 0 aliphatic carbocycles. The van der Waals surface area contributed by atoms with Crippen molar-refractivity contribution in [3.63, 3.8) is 0 Å². The highest BCUT2D eigenvalue weighted by molar-refractivity contribution is 5.84. The lowest BCUT2D eigenvalue weighted by molar-refractivity contribution is -0.276. The van der Waals surface area contributed by atoms with Crippen LogP contribution in [0.1, 0.15) is 47.6 Å². The summed E-state index contributed by atoms with van der Waals surface area (Å²) in [6.07, 6.45) is -1.15. The first-order chi connectivity index (χ1) is 18.5. The Morgan fingerprint density at radius 2 is 1.21 bits per heavy atom. The smallest absolute Gasteiger partial charge is 0.399 e. The van der Waals surface area contributed by atoms with Crippen LogP contribution in [0.2, 0.25) is 0 Å². The van der Waals surface area contributed by atoms with Crippen LogP contribution >= 0.6 is 0 Å². The highest BCUT2D eigenvalue weighted by atomic mass is 19.4. The number of unbranched alkanes of at least 4 members (excludes halogenated alkanes) is 1. The second-order valence-electron chi connectivity index (χ2n) is 9.56.